The zero-order valence-electron chi connectivity index (χ0n) is 15.9. The maximum absolute atomic E-state index is 13.2. The first-order valence-electron chi connectivity index (χ1n) is 9.62. The number of nitrogens with one attached hydrogen (secondary N) is 1. The molecular formula is C22H26N2O3S. The lowest BCUT2D eigenvalue weighted by atomic mass is 9.95. The molecule has 0 atom stereocenters. The monoisotopic (exact) mass is 398 g/mol. The summed E-state index contributed by atoms with van der Waals surface area (Å²) >= 11 is 0. The van der Waals surface area contributed by atoms with Gasteiger partial charge in [0, 0.05) is 11.6 Å². The molecule has 28 heavy (non-hydrogen) atoms. The summed E-state index contributed by atoms with van der Waals surface area (Å²) in [5, 5.41) is 3.04. The Morgan fingerprint density at radius 3 is 2.46 bits per heavy atom. The van der Waals surface area contributed by atoms with Crippen LogP contribution in [-0.2, 0) is 10.0 Å². The van der Waals surface area contributed by atoms with Crippen LogP contribution in [0.4, 0.5) is 5.69 Å². The van der Waals surface area contributed by atoms with Crippen LogP contribution in [0, 0.1) is 0 Å². The number of carbonyl (C=O) groups excluding carboxylic acids is 1. The van der Waals surface area contributed by atoms with Crippen LogP contribution in [0.5, 0.6) is 0 Å². The number of anilines is 1. The molecule has 0 aliphatic heterocycles. The number of sulfonamides is 1. The van der Waals surface area contributed by atoms with Crippen molar-refractivity contribution in [2.75, 3.05) is 10.8 Å². The average Bonchev–Trinajstić information content (AvgIpc) is 2.73. The first-order valence-corrected chi connectivity index (χ1v) is 11.1. The molecule has 0 spiro atoms. The van der Waals surface area contributed by atoms with E-state index in [0.29, 0.717) is 11.3 Å². The van der Waals surface area contributed by atoms with Gasteiger partial charge in [-0.25, -0.2) is 8.42 Å². The fourth-order valence-corrected chi connectivity index (χ4v) is 4.98. The Bertz CT molecular complexity index is 920. The van der Waals surface area contributed by atoms with Gasteiger partial charge >= 0.3 is 0 Å². The predicted octanol–water partition coefficient (Wildman–Crippen LogP) is 4.13. The number of amides is 1. The van der Waals surface area contributed by atoms with Crippen molar-refractivity contribution < 1.29 is 13.2 Å². The van der Waals surface area contributed by atoms with Crippen molar-refractivity contribution in [2.24, 2.45) is 0 Å². The summed E-state index contributed by atoms with van der Waals surface area (Å²) in [6, 6.07) is 15.3. The molecule has 0 saturated heterocycles. The summed E-state index contributed by atoms with van der Waals surface area (Å²) < 4.78 is 27.8. The van der Waals surface area contributed by atoms with Gasteiger partial charge in [0.1, 0.15) is 0 Å². The third-order valence-corrected chi connectivity index (χ3v) is 6.75. The highest BCUT2D eigenvalue weighted by Crippen LogP contribution is 2.24. The van der Waals surface area contributed by atoms with Crippen LogP contribution in [0.1, 0.15) is 42.5 Å². The molecule has 1 amide bonds. The molecule has 6 heteroatoms. The maximum Gasteiger partial charge on any atom is 0.264 e. The Morgan fingerprint density at radius 1 is 1.07 bits per heavy atom. The molecule has 0 heterocycles. The molecule has 148 valence electrons. The largest absolute Gasteiger partial charge is 0.349 e. The Kier molecular flexibility index (Phi) is 6.52. The minimum Gasteiger partial charge on any atom is -0.349 e. The van der Waals surface area contributed by atoms with E-state index < -0.39 is 10.0 Å². The van der Waals surface area contributed by atoms with Crippen LogP contribution in [0.2, 0.25) is 0 Å². The van der Waals surface area contributed by atoms with E-state index in [4.69, 9.17) is 0 Å². The SMILES string of the molecule is C=CCN(c1ccccc1)S(=O)(=O)c1cccc(C(=O)NC2CCCCC2)c1. The minimum absolute atomic E-state index is 0.0921. The summed E-state index contributed by atoms with van der Waals surface area (Å²) in [6.07, 6.45) is 6.94. The van der Waals surface area contributed by atoms with Crippen LogP contribution >= 0.6 is 0 Å². The van der Waals surface area contributed by atoms with E-state index in [1.165, 1.54) is 22.9 Å². The highest BCUT2D eigenvalue weighted by molar-refractivity contribution is 7.92. The zero-order chi connectivity index (χ0) is 20.0. The summed E-state index contributed by atoms with van der Waals surface area (Å²) in [7, 11) is -3.82. The standard InChI is InChI=1S/C22H26N2O3S/c1-2-16-24(20-13-7-4-8-14-20)28(26,27)21-15-9-10-18(17-21)22(25)23-19-11-5-3-6-12-19/h2,4,7-10,13-15,17,19H,1,3,5-6,11-12,16H2,(H,23,25). The van der Waals surface area contributed by atoms with E-state index in [1.807, 2.05) is 6.07 Å². The molecular weight excluding hydrogens is 372 g/mol. The second-order valence-corrected chi connectivity index (χ2v) is 8.86. The Hall–Kier alpha value is -2.60. The van der Waals surface area contributed by atoms with Crippen LogP contribution in [0.3, 0.4) is 0 Å². The molecule has 1 aliphatic rings. The van der Waals surface area contributed by atoms with E-state index in [2.05, 4.69) is 11.9 Å². The van der Waals surface area contributed by atoms with Crippen molar-refractivity contribution in [3.63, 3.8) is 0 Å². The Balaban J connectivity index is 1.86. The first kappa shape index (κ1) is 20.1. The normalized spacial score (nSPS) is 15.0. The van der Waals surface area contributed by atoms with Crippen molar-refractivity contribution in [1.82, 2.24) is 5.32 Å². The van der Waals surface area contributed by atoms with Crippen molar-refractivity contribution in [3.8, 4) is 0 Å². The minimum atomic E-state index is -3.82. The van der Waals surface area contributed by atoms with Gasteiger partial charge in [0.15, 0.2) is 0 Å². The van der Waals surface area contributed by atoms with Gasteiger partial charge in [-0.2, -0.15) is 0 Å². The number of carbonyl (C=O) groups is 1. The first-order chi connectivity index (χ1) is 13.5. The molecule has 1 aliphatic carbocycles. The molecule has 0 radical (unpaired) electrons. The number of benzene rings is 2. The summed E-state index contributed by atoms with van der Waals surface area (Å²) in [6.45, 7) is 3.82. The van der Waals surface area contributed by atoms with Gasteiger partial charge in [-0.05, 0) is 43.2 Å². The van der Waals surface area contributed by atoms with E-state index in [9.17, 15) is 13.2 Å². The van der Waals surface area contributed by atoms with Gasteiger partial charge in [-0.15, -0.1) is 6.58 Å². The van der Waals surface area contributed by atoms with E-state index >= 15 is 0 Å². The summed E-state index contributed by atoms with van der Waals surface area (Å²) in [5.74, 6) is -0.223. The van der Waals surface area contributed by atoms with Gasteiger partial charge in [-0.3, -0.25) is 9.10 Å². The molecule has 0 bridgehead atoms. The third kappa shape index (κ3) is 4.62. The van der Waals surface area contributed by atoms with Crippen LogP contribution in [0.15, 0.2) is 72.1 Å². The predicted molar refractivity (Wildman–Crippen MR) is 112 cm³/mol. The summed E-state index contributed by atoms with van der Waals surface area (Å²) in [4.78, 5) is 12.7. The van der Waals surface area contributed by atoms with Crippen molar-refractivity contribution in [3.05, 3.63) is 72.8 Å². The van der Waals surface area contributed by atoms with Crippen molar-refractivity contribution in [2.45, 2.75) is 43.0 Å². The molecule has 0 unspecified atom stereocenters. The Morgan fingerprint density at radius 2 is 1.79 bits per heavy atom. The highest BCUT2D eigenvalue weighted by Gasteiger charge is 2.25. The quantitative estimate of drug-likeness (QED) is 0.713. The zero-order valence-corrected chi connectivity index (χ0v) is 16.7. The molecule has 5 nitrogen and oxygen atoms in total. The summed E-state index contributed by atoms with van der Waals surface area (Å²) in [5.41, 5.74) is 0.915. The topological polar surface area (TPSA) is 66.5 Å². The second kappa shape index (κ2) is 9.06. The van der Waals surface area contributed by atoms with Crippen molar-refractivity contribution in [1.29, 1.82) is 0 Å². The molecule has 0 aromatic heterocycles. The van der Waals surface area contributed by atoms with Gasteiger partial charge in [0.25, 0.3) is 15.9 Å². The number of hydrogen-bond donors (Lipinski definition) is 1. The maximum atomic E-state index is 13.2. The fourth-order valence-electron chi connectivity index (χ4n) is 3.49. The molecule has 2 aromatic rings. The smallest absolute Gasteiger partial charge is 0.264 e. The van der Waals surface area contributed by atoms with Gasteiger partial charge in [-0.1, -0.05) is 49.6 Å². The van der Waals surface area contributed by atoms with Crippen LogP contribution in [0.25, 0.3) is 0 Å². The molecule has 3 rings (SSSR count). The number of nitrogens with zero attached hydrogens (tertiary/aromatic N) is 1. The second-order valence-electron chi connectivity index (χ2n) is 7.00. The van der Waals surface area contributed by atoms with Gasteiger partial charge in [0.05, 0.1) is 17.1 Å². The average molecular weight is 399 g/mol. The fraction of sp³-hybridized carbons (Fsp3) is 0.318. The Labute approximate surface area is 167 Å². The molecule has 1 N–H and O–H groups in total. The number of hydrogen-bond acceptors (Lipinski definition) is 3. The molecule has 1 fully saturated rings. The number of para-hydroxylation sites is 1. The van der Waals surface area contributed by atoms with E-state index in [0.717, 1.165) is 25.7 Å². The van der Waals surface area contributed by atoms with Crippen LogP contribution < -0.4 is 9.62 Å². The highest BCUT2D eigenvalue weighted by atomic mass is 32.2. The molecule has 1 saturated carbocycles. The lowest BCUT2D eigenvalue weighted by Crippen LogP contribution is -2.36. The van der Waals surface area contributed by atoms with Gasteiger partial charge < -0.3 is 5.32 Å². The third-order valence-electron chi connectivity index (χ3n) is 4.96. The molecule has 2 aromatic carbocycles. The lowest BCUT2D eigenvalue weighted by Gasteiger charge is -2.24. The van der Waals surface area contributed by atoms with E-state index in [1.54, 1.807) is 42.5 Å². The van der Waals surface area contributed by atoms with Crippen LogP contribution in [-0.4, -0.2) is 26.9 Å². The van der Waals surface area contributed by atoms with Gasteiger partial charge in [0.2, 0.25) is 0 Å². The lowest BCUT2D eigenvalue weighted by molar-refractivity contribution is 0.0927. The number of rotatable bonds is 7. The van der Waals surface area contributed by atoms with E-state index in [-0.39, 0.29) is 23.4 Å². The van der Waals surface area contributed by atoms with Crippen molar-refractivity contribution >= 4 is 21.6 Å².